The third-order valence-electron chi connectivity index (χ3n) is 4.60. The van der Waals surface area contributed by atoms with Crippen LogP contribution in [-0.2, 0) is 19.8 Å². The fraction of sp³-hybridized carbons (Fsp3) is 0.130. The molecular formula is C23H23N5O7S. The molecule has 0 saturated carbocycles. The van der Waals surface area contributed by atoms with E-state index in [2.05, 4.69) is 30.1 Å². The summed E-state index contributed by atoms with van der Waals surface area (Å²) in [5.41, 5.74) is 3.27. The van der Waals surface area contributed by atoms with Gasteiger partial charge in [-0.25, -0.2) is 25.7 Å². The number of rotatable bonds is 11. The van der Waals surface area contributed by atoms with Crippen LogP contribution < -0.4 is 19.7 Å². The van der Waals surface area contributed by atoms with Crippen LogP contribution >= 0.6 is 0 Å². The number of carbonyl (C=O) groups excluding carboxylic acids is 1. The number of hydrogen-bond acceptors (Lipinski definition) is 11. The molecule has 0 unspecified atom stereocenters. The van der Waals surface area contributed by atoms with Gasteiger partial charge in [-0.1, -0.05) is 18.2 Å². The molecule has 1 aromatic carbocycles. The molecule has 12 nitrogen and oxygen atoms in total. The van der Waals surface area contributed by atoms with Crippen molar-refractivity contribution in [2.24, 2.45) is 0 Å². The SMILES string of the molecule is COc1ccccc1Oc1c(C)nc(C(/C=C\NOO)=C/C=O)nc1NS(=O)(=O)c1ccc(C)cn1. The lowest BCUT2D eigenvalue weighted by atomic mass is 10.2. The summed E-state index contributed by atoms with van der Waals surface area (Å²) in [5.74, 6) is 0.473. The summed E-state index contributed by atoms with van der Waals surface area (Å²) in [6, 6.07) is 9.73. The quantitative estimate of drug-likeness (QED) is 0.113. The molecule has 0 bridgehead atoms. The largest absolute Gasteiger partial charge is 0.493 e. The molecule has 0 fully saturated rings. The molecule has 3 N–H and O–H groups in total. The second-order valence-corrected chi connectivity index (χ2v) is 8.77. The zero-order valence-electron chi connectivity index (χ0n) is 19.5. The molecule has 3 aromatic rings. The van der Waals surface area contributed by atoms with Crippen LogP contribution in [0.25, 0.3) is 5.57 Å². The molecular weight excluding hydrogens is 490 g/mol. The number of methoxy groups -OCH3 is 1. The zero-order valence-corrected chi connectivity index (χ0v) is 20.3. The van der Waals surface area contributed by atoms with Crippen molar-refractivity contribution in [2.45, 2.75) is 18.9 Å². The normalized spacial score (nSPS) is 11.8. The lowest BCUT2D eigenvalue weighted by Crippen LogP contribution is -2.17. The maximum absolute atomic E-state index is 13.1. The molecule has 0 spiro atoms. The predicted molar refractivity (Wildman–Crippen MR) is 130 cm³/mol. The Bertz CT molecular complexity index is 1390. The van der Waals surface area contributed by atoms with Gasteiger partial charge in [0.15, 0.2) is 33.9 Å². The van der Waals surface area contributed by atoms with E-state index < -0.39 is 10.0 Å². The molecule has 0 atom stereocenters. The molecule has 0 aliphatic rings. The van der Waals surface area contributed by atoms with Gasteiger partial charge in [0.1, 0.15) is 6.29 Å². The van der Waals surface area contributed by atoms with Crippen LogP contribution in [0.5, 0.6) is 17.2 Å². The van der Waals surface area contributed by atoms with Gasteiger partial charge >= 0.3 is 0 Å². The van der Waals surface area contributed by atoms with Crippen molar-refractivity contribution in [3.63, 3.8) is 0 Å². The van der Waals surface area contributed by atoms with Gasteiger partial charge in [-0.3, -0.25) is 9.52 Å². The van der Waals surface area contributed by atoms with Crippen LogP contribution in [0.1, 0.15) is 17.1 Å². The number of aldehydes is 1. The molecule has 0 saturated heterocycles. The van der Waals surface area contributed by atoms with Crippen LogP contribution in [0.3, 0.4) is 0 Å². The molecule has 13 heteroatoms. The van der Waals surface area contributed by atoms with E-state index in [1.165, 1.54) is 31.6 Å². The second kappa shape index (κ2) is 11.9. The van der Waals surface area contributed by atoms with Gasteiger partial charge in [0.05, 0.1) is 12.8 Å². The number of para-hydroxylation sites is 2. The summed E-state index contributed by atoms with van der Waals surface area (Å²) < 4.78 is 39.9. The molecule has 36 heavy (non-hydrogen) atoms. The van der Waals surface area contributed by atoms with E-state index in [0.717, 1.165) is 11.6 Å². The van der Waals surface area contributed by atoms with Crippen molar-refractivity contribution in [2.75, 3.05) is 11.8 Å². The van der Waals surface area contributed by atoms with E-state index >= 15 is 0 Å². The first kappa shape index (κ1) is 26.3. The van der Waals surface area contributed by atoms with E-state index in [1.54, 1.807) is 44.2 Å². The number of ether oxygens (including phenoxy) is 2. The van der Waals surface area contributed by atoms with Crippen LogP contribution in [-0.4, -0.2) is 42.0 Å². The minimum absolute atomic E-state index is 0.00480. The Labute approximate surface area is 207 Å². The summed E-state index contributed by atoms with van der Waals surface area (Å²) in [6.07, 6.45) is 5.57. The highest BCUT2D eigenvalue weighted by Crippen LogP contribution is 2.37. The van der Waals surface area contributed by atoms with Crippen LogP contribution in [0.15, 0.2) is 66.0 Å². The fourth-order valence-electron chi connectivity index (χ4n) is 2.92. The topological polar surface area (TPSA) is 162 Å². The number of allylic oxidation sites excluding steroid dienone is 3. The third kappa shape index (κ3) is 6.41. The Balaban J connectivity index is 2.15. The summed E-state index contributed by atoms with van der Waals surface area (Å²) in [5, 5.41) is 8.21. The van der Waals surface area contributed by atoms with Crippen LogP contribution in [0.4, 0.5) is 5.82 Å². The van der Waals surface area contributed by atoms with Crippen molar-refractivity contribution in [1.29, 1.82) is 0 Å². The van der Waals surface area contributed by atoms with Gasteiger partial charge in [-0.15, -0.1) is 4.99 Å². The zero-order chi connectivity index (χ0) is 26.1. The van der Waals surface area contributed by atoms with Crippen molar-refractivity contribution in [3.05, 3.63) is 78.0 Å². The number of sulfonamides is 1. The highest BCUT2D eigenvalue weighted by Gasteiger charge is 2.23. The molecule has 3 rings (SSSR count). The third-order valence-corrected chi connectivity index (χ3v) is 5.85. The summed E-state index contributed by atoms with van der Waals surface area (Å²) in [6.45, 7) is 3.36. The Morgan fingerprint density at radius 2 is 1.83 bits per heavy atom. The Hall–Kier alpha value is -4.33. The van der Waals surface area contributed by atoms with Gasteiger partial charge < -0.3 is 9.47 Å². The average Bonchev–Trinajstić information content (AvgIpc) is 2.86. The standard InChI is InChI=1S/C23H23N5O7S/c1-15-8-9-20(24-14-15)36(31,32)28-23-21(34-19-7-5-4-6-18(19)33-3)16(2)26-22(27-23)17(11-13-29)10-12-25-35-30/h4-14,25,30H,1-3H3,(H,26,27,28)/b12-10-,17-11+. The van der Waals surface area contributed by atoms with E-state index in [1.807, 2.05) is 0 Å². The second-order valence-electron chi connectivity index (χ2n) is 7.14. The van der Waals surface area contributed by atoms with Gasteiger partial charge in [0.2, 0.25) is 0 Å². The van der Waals surface area contributed by atoms with Gasteiger partial charge in [0.25, 0.3) is 10.0 Å². The van der Waals surface area contributed by atoms with Crippen molar-refractivity contribution in [1.82, 2.24) is 20.4 Å². The monoisotopic (exact) mass is 513 g/mol. The highest BCUT2D eigenvalue weighted by molar-refractivity contribution is 7.92. The molecule has 0 aliphatic carbocycles. The molecule has 0 aliphatic heterocycles. The highest BCUT2D eigenvalue weighted by atomic mass is 32.2. The molecule has 2 heterocycles. The number of hydrogen-bond donors (Lipinski definition) is 3. The van der Waals surface area contributed by atoms with E-state index in [4.69, 9.17) is 14.7 Å². The van der Waals surface area contributed by atoms with E-state index in [9.17, 15) is 13.2 Å². The van der Waals surface area contributed by atoms with E-state index in [0.29, 0.717) is 17.8 Å². The minimum Gasteiger partial charge on any atom is -0.493 e. The van der Waals surface area contributed by atoms with Crippen molar-refractivity contribution >= 4 is 27.7 Å². The smallest absolute Gasteiger partial charge is 0.280 e. The maximum atomic E-state index is 13.1. The lowest BCUT2D eigenvalue weighted by Gasteiger charge is -2.17. The van der Waals surface area contributed by atoms with Crippen LogP contribution in [0.2, 0.25) is 0 Å². The Morgan fingerprint density at radius 1 is 1.08 bits per heavy atom. The number of hydroxylamine groups is 1. The number of nitrogens with zero attached hydrogens (tertiary/aromatic N) is 3. The minimum atomic E-state index is -4.19. The summed E-state index contributed by atoms with van der Waals surface area (Å²) in [7, 11) is -2.72. The molecule has 0 radical (unpaired) electrons. The lowest BCUT2D eigenvalue weighted by molar-refractivity contribution is -0.280. The number of nitrogens with one attached hydrogen (secondary N) is 2. The molecule has 2 aromatic heterocycles. The maximum Gasteiger partial charge on any atom is 0.280 e. The summed E-state index contributed by atoms with van der Waals surface area (Å²) >= 11 is 0. The van der Waals surface area contributed by atoms with Gasteiger partial charge in [-0.05, 0) is 49.8 Å². The van der Waals surface area contributed by atoms with Crippen molar-refractivity contribution < 1.29 is 32.9 Å². The van der Waals surface area contributed by atoms with Gasteiger partial charge in [0, 0.05) is 18.0 Å². The van der Waals surface area contributed by atoms with Crippen molar-refractivity contribution in [3.8, 4) is 17.2 Å². The number of carbonyl (C=O) groups is 1. The van der Waals surface area contributed by atoms with Gasteiger partial charge in [-0.2, -0.15) is 8.42 Å². The molecule has 0 amide bonds. The molecule has 188 valence electrons. The first-order valence-corrected chi connectivity index (χ1v) is 11.8. The predicted octanol–water partition coefficient (Wildman–Crippen LogP) is 3.18. The average molecular weight is 514 g/mol. The first-order chi connectivity index (χ1) is 17.3. The number of benzene rings is 1. The number of aryl methyl sites for hydroxylation is 2. The fourth-order valence-corrected chi connectivity index (χ4v) is 3.86. The van der Waals surface area contributed by atoms with Crippen LogP contribution in [0, 0.1) is 13.8 Å². The number of pyridine rings is 1. The van der Waals surface area contributed by atoms with E-state index in [-0.39, 0.29) is 33.7 Å². The number of aromatic nitrogens is 3. The Kier molecular flexibility index (Phi) is 8.67. The first-order valence-electron chi connectivity index (χ1n) is 10.3. The summed E-state index contributed by atoms with van der Waals surface area (Å²) in [4.78, 5) is 27.6. The Morgan fingerprint density at radius 3 is 2.47 bits per heavy atom. The number of anilines is 1.